The number of hydrogen-bond acceptors (Lipinski definition) is 28. The Kier molecular flexibility index (Phi) is 32.9. The van der Waals surface area contributed by atoms with Gasteiger partial charge in [0.15, 0.2) is 28.9 Å². The number of ketones is 5. The Balaban J connectivity index is 0.000000134. The molecule has 0 bridgehead atoms. The van der Waals surface area contributed by atoms with Crippen LogP contribution in [0.3, 0.4) is 0 Å². The molecule has 12 heterocycles. The van der Waals surface area contributed by atoms with Crippen molar-refractivity contribution >= 4 is 153 Å². The molecule has 0 amide bonds. The number of carbonyl (C=O) groups is 5. The second-order valence-electron chi connectivity index (χ2n) is 33.2. The summed E-state index contributed by atoms with van der Waals surface area (Å²) in [7, 11) is 0. The fourth-order valence-electron chi connectivity index (χ4n) is 16.7. The van der Waals surface area contributed by atoms with E-state index in [9.17, 15) is 73.5 Å². The first-order valence-corrected chi connectivity index (χ1v) is 45.1. The largest absolute Gasteiger partial charge is 0.391 e. The molecule has 10 N–H and O–H groups in total. The molecule has 39 heteroatoms. The maximum atomic E-state index is 12.8. The topological polar surface area (TPSA) is 451 Å². The lowest BCUT2D eigenvalue weighted by Crippen LogP contribution is -2.36. The summed E-state index contributed by atoms with van der Waals surface area (Å²) in [4.78, 5) is 156. The molecule has 0 saturated carbocycles. The Morgan fingerprint density at radius 1 is 0.429 bits per heavy atom. The normalized spacial score (nSPS) is 20.3. The highest BCUT2D eigenvalue weighted by Gasteiger charge is 2.33. The highest BCUT2D eigenvalue weighted by Crippen LogP contribution is 2.34. The molecular weight excluding hydrogens is 1810 g/mol. The van der Waals surface area contributed by atoms with Crippen LogP contribution in [0.15, 0.2) is 171 Å². The summed E-state index contributed by atoms with van der Waals surface area (Å²) in [5.41, 5.74) is 5.97. The van der Waals surface area contributed by atoms with E-state index in [4.69, 9.17) is 75.7 Å². The van der Waals surface area contributed by atoms with Gasteiger partial charge < -0.3 is 61.8 Å². The van der Waals surface area contributed by atoms with Gasteiger partial charge >= 0.3 is 0 Å². The smallest absolute Gasteiger partial charge is 0.261 e. The van der Waals surface area contributed by atoms with Crippen molar-refractivity contribution in [3.63, 3.8) is 0 Å². The predicted octanol–water partition coefficient (Wildman–Crippen LogP) is 6.68. The van der Waals surface area contributed by atoms with E-state index in [-0.39, 0.29) is 168 Å². The molecule has 6 aromatic heterocycles. The Morgan fingerprint density at radius 3 is 1.14 bits per heavy atom. The highest BCUT2D eigenvalue weighted by molar-refractivity contribution is 6.35. The molecule has 12 aromatic rings. The number of aromatic nitrogens is 11. The van der Waals surface area contributed by atoms with E-state index in [0.717, 1.165) is 41.0 Å². The average molecular weight is 1910 g/mol. The van der Waals surface area contributed by atoms with Gasteiger partial charge in [-0.05, 0) is 161 Å². The molecule has 6 saturated heterocycles. The van der Waals surface area contributed by atoms with Gasteiger partial charge in [0, 0.05) is 114 Å². The highest BCUT2D eigenvalue weighted by atomic mass is 35.5. The summed E-state index contributed by atoms with van der Waals surface area (Å²) < 4.78 is 11.7. The molecule has 0 spiro atoms. The number of pyridine rings is 1. The van der Waals surface area contributed by atoms with Crippen molar-refractivity contribution in [2.45, 2.75) is 164 Å². The van der Waals surface area contributed by atoms with Crippen molar-refractivity contribution in [2.75, 3.05) is 63.9 Å². The van der Waals surface area contributed by atoms with E-state index in [1.807, 2.05) is 54.6 Å². The summed E-state index contributed by atoms with van der Waals surface area (Å²) in [6.45, 7) is 12.8. The third-order valence-corrected chi connectivity index (χ3v) is 25.6. The predicted molar refractivity (Wildman–Crippen MR) is 505 cm³/mol. The summed E-state index contributed by atoms with van der Waals surface area (Å²) in [5.74, 6) is 1.73. The van der Waals surface area contributed by atoms with E-state index < -0.39 is 30.5 Å². The molecule has 0 radical (unpaired) electrons. The van der Waals surface area contributed by atoms with E-state index in [1.165, 1.54) is 72.7 Å². The van der Waals surface area contributed by atoms with Gasteiger partial charge in [0.1, 0.15) is 0 Å². The van der Waals surface area contributed by atoms with Crippen LogP contribution in [-0.2, 0) is 67.9 Å². The lowest BCUT2D eigenvalue weighted by atomic mass is 10.0. The molecule has 34 nitrogen and oxygen atoms in total. The van der Waals surface area contributed by atoms with Gasteiger partial charge in [-0.15, -0.1) is 6.42 Å². The Bertz CT molecular complexity index is 6640. The summed E-state index contributed by atoms with van der Waals surface area (Å²) in [5, 5.41) is 68.1. The summed E-state index contributed by atoms with van der Waals surface area (Å²) in [6.07, 6.45) is 17.5. The number of halogens is 5. The number of terminal acetylenes is 1. The lowest BCUT2D eigenvalue weighted by Gasteiger charge is -2.29. The molecule has 10 atom stereocenters. The monoisotopic (exact) mass is 1910 g/mol. The number of nitrogens with one attached hydrogen (secondary N) is 5. The fourth-order valence-corrected chi connectivity index (χ4v) is 17.9. The first-order valence-electron chi connectivity index (χ1n) is 43.2. The van der Waals surface area contributed by atoms with Crippen molar-refractivity contribution in [3.8, 4) is 23.5 Å². The van der Waals surface area contributed by atoms with Crippen LogP contribution < -0.4 is 59.3 Å². The second-order valence-corrected chi connectivity index (χ2v) is 35.3. The molecule has 6 aromatic carbocycles. The number of aliphatic hydroxyl groups is 5. The number of carbonyl (C=O) groups excluding carboxylic acids is 5. The number of rotatable bonds is 24. The van der Waals surface area contributed by atoms with E-state index >= 15 is 0 Å². The van der Waals surface area contributed by atoms with Crippen molar-refractivity contribution in [1.82, 2.24) is 79.3 Å². The van der Waals surface area contributed by atoms with E-state index in [0.29, 0.717) is 159 Å². The molecule has 6 fully saturated rings. The average Bonchev–Trinajstić information content (AvgIpc) is 1.50. The van der Waals surface area contributed by atoms with Crippen molar-refractivity contribution in [1.29, 1.82) is 0 Å². The minimum absolute atomic E-state index is 0.0734. The zero-order chi connectivity index (χ0) is 94.3. The third kappa shape index (κ3) is 24.3. The SMILES string of the molecule is C#Cc1cc2ncn(CC(=O)CC3NCCC3O)c(=O)c2cc1Cl.O=C(CC1NCCC1O)Cn1cnc2cc(-c3ccncc3)c(Cl)cc2c1=O.O=C(CC1NCCC1O)Cn1cnc2cc(Cc3ccccc3)c(Cl)cc2c1=O.O=C(CC1NCCC1O)Cn1cnc2cc(N3CCOCC3)c(Cl)cc2c1=O.[C-]#[N+]c1cc2ncn(CC(=O)CC3NCCC3O)c(=O)c2cc1Cl. The maximum absolute atomic E-state index is 12.8. The van der Waals surface area contributed by atoms with Gasteiger partial charge in [0.25, 0.3) is 27.8 Å². The first-order chi connectivity index (χ1) is 64.0. The molecular formula is C94H95Cl5N18O16. The van der Waals surface area contributed by atoms with Crippen molar-refractivity contribution in [3.05, 3.63) is 252 Å². The number of Topliss-reactive ketones (excluding diaryl/α,β-unsaturated/α-hetero) is 5. The number of aliphatic hydroxyl groups excluding tert-OH is 5. The minimum atomic E-state index is -0.536. The second kappa shape index (κ2) is 44.9. The number of ether oxygens (including phenoxy) is 1. The van der Waals surface area contributed by atoms with Gasteiger partial charge in [-0.25, -0.2) is 29.8 Å². The van der Waals surface area contributed by atoms with Crippen LogP contribution in [0.1, 0.15) is 80.9 Å². The van der Waals surface area contributed by atoms with Crippen molar-refractivity contribution in [2.24, 2.45) is 0 Å². The Labute approximate surface area is 785 Å². The standard InChI is InChI=1S/C22H22ClN3O3.C20H19ClN4O3.C19H23ClN4O4.C17H16ClN3O3.C16H15ClN4O3/c23-18-11-17-19(9-15(18)8-14-4-2-1-3-5-14)25-13-26(22(17)29)12-16(27)10-20-21(28)6-7-24-20;21-16-8-15-17(9-14(16)12-1-4-22-5-2-12)24-11-25(20(15)28)10-13(26)7-18-19(27)3-6-23-18;20-14-8-13-15(9-17(14)23-3-5-28-6-4-23)22-11-24(19(13)27)10-12(25)7-16-18(26)1-2-21-16;1-2-10-5-14-12(7-13(10)18)17(24)21(9-20-14)8-11(22)6-15-16(23)3-4-19-15;1-18-13-6-12-10(5-11(13)17)16(24)21(8-20-12)7-9(22)4-14-15(23)2-3-19-14/h1-5,9,11,13,20-21,24,28H,6-8,10,12H2;1-2,4-5,8-9,11,18-19,23,27H,3,6-7,10H2;8-9,11,16,18,21,26H,1-7,10H2;1,5,7,9,15-16,19,23H,3-4,6,8H2;5-6,8,14-15,19,23H,2-4,7H2. The van der Waals surface area contributed by atoms with Gasteiger partial charge in [-0.3, -0.25) is 75.8 Å². The number of fused-ring (bicyclic) bond motifs is 5. The van der Waals surface area contributed by atoms with Crippen LogP contribution in [0.5, 0.6) is 0 Å². The Hall–Kier alpha value is -11.6. The molecule has 0 aliphatic carbocycles. The van der Waals surface area contributed by atoms with Crippen LogP contribution in [0.25, 0.3) is 70.5 Å². The number of morpholine rings is 1. The summed E-state index contributed by atoms with van der Waals surface area (Å²) >= 11 is 31.3. The summed E-state index contributed by atoms with van der Waals surface area (Å²) in [6, 6.07) is 28.5. The van der Waals surface area contributed by atoms with E-state index in [1.54, 1.807) is 42.7 Å². The van der Waals surface area contributed by atoms with Crippen LogP contribution in [0, 0.1) is 18.9 Å². The molecule has 6 aliphatic heterocycles. The molecule has 10 unspecified atom stereocenters. The minimum Gasteiger partial charge on any atom is -0.391 e. The zero-order valence-corrected chi connectivity index (χ0v) is 75.6. The molecule has 692 valence electrons. The molecule has 133 heavy (non-hydrogen) atoms. The van der Waals surface area contributed by atoms with E-state index in [2.05, 4.69) is 72.2 Å². The van der Waals surface area contributed by atoms with Crippen LogP contribution >= 0.6 is 58.0 Å². The number of nitrogens with zero attached hydrogens (tertiary/aromatic N) is 13. The van der Waals surface area contributed by atoms with Gasteiger partial charge in [-0.1, -0.05) is 94.3 Å². The molecule has 18 rings (SSSR count). The third-order valence-electron chi connectivity index (χ3n) is 24.0. The number of anilines is 1. The number of benzene rings is 6. The molecule has 6 aliphatic rings. The Morgan fingerprint density at radius 2 is 0.767 bits per heavy atom. The van der Waals surface area contributed by atoms with Gasteiger partial charge in [0.05, 0.1) is 185 Å². The van der Waals surface area contributed by atoms with Gasteiger partial charge in [0.2, 0.25) is 5.69 Å². The zero-order valence-electron chi connectivity index (χ0n) is 71.8. The first kappa shape index (κ1) is 97.4. The lowest BCUT2D eigenvalue weighted by molar-refractivity contribution is -0.121. The fraction of sp³-hybridized carbons (Fsp3) is 0.372. The number of hydrogen-bond donors (Lipinski definition) is 10. The maximum Gasteiger partial charge on any atom is 0.261 e. The van der Waals surface area contributed by atoms with Gasteiger partial charge in [-0.2, -0.15) is 0 Å². The van der Waals surface area contributed by atoms with Crippen LogP contribution in [0.4, 0.5) is 11.4 Å². The quantitative estimate of drug-likeness (QED) is 0.0223. The van der Waals surface area contributed by atoms with Crippen LogP contribution in [0.2, 0.25) is 25.1 Å². The van der Waals surface area contributed by atoms with Crippen molar-refractivity contribution < 1.29 is 54.2 Å². The van der Waals surface area contributed by atoms with Crippen LogP contribution in [-0.4, -0.2) is 227 Å².